The molecule has 2 rings (SSSR count). The number of halogens is 1. The third-order valence-corrected chi connectivity index (χ3v) is 2.74. The van der Waals surface area contributed by atoms with Crippen LogP contribution in [0, 0.1) is 17.1 Å². The van der Waals surface area contributed by atoms with E-state index < -0.39 is 0 Å². The standard InChI is InChI=1S/C12H11FN2O/c13-9-2-1-3-11(8-9)15-10(6-7-14)4-5-12(15)16/h1-3,8,10H,4-6H2. The first kappa shape index (κ1) is 10.6. The van der Waals surface area contributed by atoms with Gasteiger partial charge in [-0.3, -0.25) is 4.79 Å². The summed E-state index contributed by atoms with van der Waals surface area (Å²) in [5.41, 5.74) is 0.544. The van der Waals surface area contributed by atoms with E-state index in [1.54, 1.807) is 12.1 Å². The van der Waals surface area contributed by atoms with Gasteiger partial charge in [0.25, 0.3) is 0 Å². The number of carbonyl (C=O) groups excluding carboxylic acids is 1. The van der Waals surface area contributed by atoms with Gasteiger partial charge in [-0.1, -0.05) is 6.07 Å². The Labute approximate surface area is 93.1 Å². The second-order valence-corrected chi connectivity index (χ2v) is 3.80. The molecule has 16 heavy (non-hydrogen) atoms. The van der Waals surface area contributed by atoms with Crippen molar-refractivity contribution >= 4 is 11.6 Å². The molecule has 1 aliphatic heterocycles. The van der Waals surface area contributed by atoms with E-state index in [1.807, 2.05) is 0 Å². The summed E-state index contributed by atoms with van der Waals surface area (Å²) in [7, 11) is 0. The molecular weight excluding hydrogens is 207 g/mol. The van der Waals surface area contributed by atoms with E-state index in [9.17, 15) is 9.18 Å². The molecule has 0 bridgehead atoms. The second kappa shape index (κ2) is 4.31. The number of nitriles is 1. The van der Waals surface area contributed by atoms with E-state index in [1.165, 1.54) is 17.0 Å². The summed E-state index contributed by atoms with van der Waals surface area (Å²) in [6.07, 6.45) is 1.40. The minimum absolute atomic E-state index is 0.0362. The van der Waals surface area contributed by atoms with E-state index in [4.69, 9.17) is 5.26 Å². The van der Waals surface area contributed by atoms with Crippen molar-refractivity contribution in [2.75, 3.05) is 4.90 Å². The molecule has 0 aliphatic carbocycles. The van der Waals surface area contributed by atoms with Gasteiger partial charge < -0.3 is 4.90 Å². The Morgan fingerprint density at radius 3 is 3.06 bits per heavy atom. The topological polar surface area (TPSA) is 44.1 Å². The summed E-state index contributed by atoms with van der Waals surface area (Å²) in [5.74, 6) is -0.404. The first-order chi connectivity index (χ1) is 7.72. The van der Waals surface area contributed by atoms with Crippen molar-refractivity contribution < 1.29 is 9.18 Å². The van der Waals surface area contributed by atoms with Crippen molar-refractivity contribution in [3.05, 3.63) is 30.1 Å². The average Bonchev–Trinajstić information content (AvgIpc) is 2.60. The summed E-state index contributed by atoms with van der Waals surface area (Å²) < 4.78 is 13.1. The van der Waals surface area contributed by atoms with Gasteiger partial charge in [-0.15, -0.1) is 0 Å². The molecule has 82 valence electrons. The van der Waals surface area contributed by atoms with Gasteiger partial charge in [-0.05, 0) is 24.6 Å². The minimum atomic E-state index is -0.368. The van der Waals surface area contributed by atoms with Crippen molar-refractivity contribution in [3.8, 4) is 6.07 Å². The van der Waals surface area contributed by atoms with Crippen LogP contribution in [-0.2, 0) is 4.79 Å². The van der Waals surface area contributed by atoms with Gasteiger partial charge in [-0.2, -0.15) is 5.26 Å². The van der Waals surface area contributed by atoms with Crippen LogP contribution < -0.4 is 4.90 Å². The van der Waals surface area contributed by atoms with Crippen molar-refractivity contribution in [2.24, 2.45) is 0 Å². The average molecular weight is 218 g/mol. The smallest absolute Gasteiger partial charge is 0.227 e. The van der Waals surface area contributed by atoms with Crippen molar-refractivity contribution in [3.63, 3.8) is 0 Å². The van der Waals surface area contributed by atoms with Crippen LogP contribution >= 0.6 is 0 Å². The summed E-state index contributed by atoms with van der Waals surface area (Å²) in [6, 6.07) is 7.87. The summed E-state index contributed by atoms with van der Waals surface area (Å²) in [6.45, 7) is 0. The second-order valence-electron chi connectivity index (χ2n) is 3.80. The molecule has 1 aromatic carbocycles. The highest BCUT2D eigenvalue weighted by molar-refractivity contribution is 5.96. The number of nitrogens with zero attached hydrogens (tertiary/aromatic N) is 2. The fourth-order valence-electron chi connectivity index (χ4n) is 2.02. The minimum Gasteiger partial charge on any atom is -0.308 e. The fourth-order valence-corrected chi connectivity index (χ4v) is 2.02. The molecule has 1 aromatic rings. The van der Waals surface area contributed by atoms with Crippen LogP contribution in [0.3, 0.4) is 0 Å². The van der Waals surface area contributed by atoms with Gasteiger partial charge in [0.15, 0.2) is 0 Å². The quantitative estimate of drug-likeness (QED) is 0.764. The predicted octanol–water partition coefficient (Wildman–Crippen LogP) is 2.23. The van der Waals surface area contributed by atoms with Crippen LogP contribution in [0.25, 0.3) is 0 Å². The highest BCUT2D eigenvalue weighted by Gasteiger charge is 2.31. The van der Waals surface area contributed by atoms with Crippen LogP contribution in [-0.4, -0.2) is 11.9 Å². The zero-order valence-electron chi connectivity index (χ0n) is 8.69. The molecule has 0 radical (unpaired) electrons. The van der Waals surface area contributed by atoms with Gasteiger partial charge >= 0.3 is 0 Å². The van der Waals surface area contributed by atoms with Crippen LogP contribution in [0.1, 0.15) is 19.3 Å². The molecule has 0 N–H and O–H groups in total. The number of benzene rings is 1. The zero-order valence-corrected chi connectivity index (χ0v) is 8.69. The Morgan fingerprint density at radius 2 is 2.38 bits per heavy atom. The Hall–Kier alpha value is -1.89. The third kappa shape index (κ3) is 1.89. The fraction of sp³-hybridized carbons (Fsp3) is 0.333. The van der Waals surface area contributed by atoms with Gasteiger partial charge in [-0.25, -0.2) is 4.39 Å². The lowest BCUT2D eigenvalue weighted by Crippen LogP contribution is -2.32. The number of carbonyl (C=O) groups is 1. The molecule has 0 aromatic heterocycles. The maximum atomic E-state index is 13.1. The molecule has 1 aliphatic rings. The molecule has 4 heteroatoms. The predicted molar refractivity (Wildman–Crippen MR) is 57.1 cm³/mol. The van der Waals surface area contributed by atoms with E-state index >= 15 is 0 Å². The number of amides is 1. The molecule has 1 heterocycles. The lowest BCUT2D eigenvalue weighted by Gasteiger charge is -2.22. The molecule has 1 saturated heterocycles. The summed E-state index contributed by atoms with van der Waals surface area (Å²) in [5, 5.41) is 8.67. The number of rotatable bonds is 2. The molecule has 1 atom stereocenters. The summed E-state index contributed by atoms with van der Waals surface area (Å²) >= 11 is 0. The highest BCUT2D eigenvalue weighted by Crippen LogP contribution is 2.28. The van der Waals surface area contributed by atoms with Crippen LogP contribution in [0.4, 0.5) is 10.1 Å². The van der Waals surface area contributed by atoms with Crippen LogP contribution in [0.5, 0.6) is 0 Å². The zero-order chi connectivity index (χ0) is 11.5. The van der Waals surface area contributed by atoms with Gasteiger partial charge in [0, 0.05) is 12.1 Å². The Bertz CT molecular complexity index is 453. The maximum absolute atomic E-state index is 13.1. The largest absolute Gasteiger partial charge is 0.308 e. The first-order valence-corrected chi connectivity index (χ1v) is 5.17. The van der Waals surface area contributed by atoms with Gasteiger partial charge in [0.05, 0.1) is 18.5 Å². The lowest BCUT2D eigenvalue weighted by atomic mass is 10.1. The molecular formula is C12H11FN2O. The third-order valence-electron chi connectivity index (χ3n) is 2.74. The van der Waals surface area contributed by atoms with Crippen LogP contribution in [0.15, 0.2) is 24.3 Å². The molecule has 1 unspecified atom stereocenters. The SMILES string of the molecule is N#CCC1CCC(=O)N1c1cccc(F)c1. The lowest BCUT2D eigenvalue weighted by molar-refractivity contribution is -0.117. The number of hydrogen-bond acceptors (Lipinski definition) is 2. The highest BCUT2D eigenvalue weighted by atomic mass is 19.1. The van der Waals surface area contributed by atoms with Crippen molar-refractivity contribution in [2.45, 2.75) is 25.3 Å². The van der Waals surface area contributed by atoms with Crippen molar-refractivity contribution in [1.29, 1.82) is 5.26 Å². The molecule has 0 spiro atoms. The maximum Gasteiger partial charge on any atom is 0.227 e. The number of hydrogen-bond donors (Lipinski definition) is 0. The molecule has 0 saturated carbocycles. The molecule has 1 amide bonds. The van der Waals surface area contributed by atoms with Crippen LogP contribution in [0.2, 0.25) is 0 Å². The molecule has 1 fully saturated rings. The first-order valence-electron chi connectivity index (χ1n) is 5.17. The Balaban J connectivity index is 2.30. The summed E-state index contributed by atoms with van der Waals surface area (Å²) in [4.78, 5) is 13.2. The van der Waals surface area contributed by atoms with E-state index in [0.717, 1.165) is 0 Å². The Morgan fingerprint density at radius 1 is 1.56 bits per heavy atom. The van der Waals surface area contributed by atoms with Gasteiger partial charge in [0.2, 0.25) is 5.91 Å². The monoisotopic (exact) mass is 218 g/mol. The van der Waals surface area contributed by atoms with Gasteiger partial charge in [0.1, 0.15) is 5.82 Å². The van der Waals surface area contributed by atoms with Crippen molar-refractivity contribution in [1.82, 2.24) is 0 Å². The Kier molecular flexibility index (Phi) is 2.86. The molecule has 3 nitrogen and oxygen atoms in total. The number of anilines is 1. The van der Waals surface area contributed by atoms with E-state index in [2.05, 4.69) is 6.07 Å². The van der Waals surface area contributed by atoms with E-state index in [0.29, 0.717) is 24.9 Å². The van der Waals surface area contributed by atoms with E-state index in [-0.39, 0.29) is 17.8 Å². The normalized spacial score (nSPS) is 19.9.